The highest BCUT2D eigenvalue weighted by molar-refractivity contribution is 9.10. The van der Waals surface area contributed by atoms with Gasteiger partial charge in [-0.25, -0.2) is 12.8 Å². The second kappa shape index (κ2) is 8.47. The van der Waals surface area contributed by atoms with E-state index in [1.165, 1.54) is 34.6 Å². The van der Waals surface area contributed by atoms with E-state index in [1.807, 2.05) is 0 Å². The minimum Gasteiger partial charge on any atom is -0.379 e. The highest BCUT2D eigenvalue weighted by Gasteiger charge is 2.26. The zero-order valence-electron chi connectivity index (χ0n) is 14.3. The van der Waals surface area contributed by atoms with Gasteiger partial charge in [0.2, 0.25) is 10.0 Å². The lowest BCUT2D eigenvalue weighted by molar-refractivity contribution is 0.0730. The van der Waals surface area contributed by atoms with E-state index in [1.54, 1.807) is 12.1 Å². The first-order chi connectivity index (χ1) is 12.9. The first kappa shape index (κ1) is 19.9. The Morgan fingerprint density at radius 3 is 2.44 bits per heavy atom. The first-order valence-electron chi connectivity index (χ1n) is 8.28. The summed E-state index contributed by atoms with van der Waals surface area (Å²) in [6.07, 6.45) is 0. The lowest BCUT2D eigenvalue weighted by Gasteiger charge is -2.26. The third kappa shape index (κ3) is 4.73. The van der Waals surface area contributed by atoms with Crippen LogP contribution in [0.3, 0.4) is 0 Å². The normalized spacial score (nSPS) is 15.5. The van der Waals surface area contributed by atoms with Gasteiger partial charge in [0, 0.05) is 24.1 Å². The predicted octanol–water partition coefficient (Wildman–Crippen LogP) is 2.54. The van der Waals surface area contributed by atoms with Crippen molar-refractivity contribution in [3.05, 3.63) is 63.9 Å². The quantitative estimate of drug-likeness (QED) is 0.749. The third-order valence-electron chi connectivity index (χ3n) is 4.16. The van der Waals surface area contributed by atoms with Gasteiger partial charge in [-0.05, 0) is 51.8 Å². The number of rotatable bonds is 5. The van der Waals surface area contributed by atoms with E-state index < -0.39 is 15.8 Å². The molecule has 0 unspecified atom stereocenters. The molecule has 2 aromatic rings. The maximum absolute atomic E-state index is 13.1. The predicted molar refractivity (Wildman–Crippen MR) is 101 cm³/mol. The van der Waals surface area contributed by atoms with Crippen molar-refractivity contribution in [2.75, 3.05) is 26.3 Å². The van der Waals surface area contributed by atoms with Gasteiger partial charge in [-0.1, -0.05) is 12.1 Å². The number of morpholine rings is 1. The van der Waals surface area contributed by atoms with Crippen LogP contribution in [0.25, 0.3) is 0 Å². The van der Waals surface area contributed by atoms with Crippen LogP contribution in [0.15, 0.2) is 51.8 Å². The van der Waals surface area contributed by atoms with Crippen molar-refractivity contribution < 1.29 is 22.3 Å². The largest absolute Gasteiger partial charge is 0.379 e. The van der Waals surface area contributed by atoms with Crippen molar-refractivity contribution >= 4 is 31.9 Å². The molecule has 0 bridgehead atoms. The van der Waals surface area contributed by atoms with Gasteiger partial charge in [-0.3, -0.25) is 4.79 Å². The molecule has 27 heavy (non-hydrogen) atoms. The summed E-state index contributed by atoms with van der Waals surface area (Å²) >= 11 is 3.16. The van der Waals surface area contributed by atoms with Crippen LogP contribution in [0.1, 0.15) is 15.9 Å². The van der Waals surface area contributed by atoms with Crippen LogP contribution >= 0.6 is 15.9 Å². The van der Waals surface area contributed by atoms with Crippen LogP contribution in [-0.4, -0.2) is 44.9 Å². The lowest BCUT2D eigenvalue weighted by atomic mass is 10.2. The summed E-state index contributed by atoms with van der Waals surface area (Å²) < 4.78 is 45.2. The van der Waals surface area contributed by atoms with Crippen LogP contribution < -0.4 is 5.32 Å². The number of halogens is 2. The zero-order chi connectivity index (χ0) is 19.4. The number of benzene rings is 2. The SMILES string of the molecule is O=C(NCc1ccc(S(=O)(=O)N2CCOCC2)cc1)c1ccc(F)cc1Br. The monoisotopic (exact) mass is 456 g/mol. The number of amides is 1. The molecule has 144 valence electrons. The molecule has 0 aromatic heterocycles. The van der Waals surface area contributed by atoms with Crippen LogP contribution in [0.2, 0.25) is 0 Å². The second-order valence-corrected chi connectivity index (χ2v) is 8.76. The summed E-state index contributed by atoms with van der Waals surface area (Å²) in [7, 11) is -3.54. The number of sulfonamides is 1. The van der Waals surface area contributed by atoms with Gasteiger partial charge < -0.3 is 10.1 Å². The smallest absolute Gasteiger partial charge is 0.252 e. The Morgan fingerprint density at radius 1 is 1.15 bits per heavy atom. The highest BCUT2D eigenvalue weighted by Crippen LogP contribution is 2.19. The summed E-state index contributed by atoms with van der Waals surface area (Å²) in [4.78, 5) is 12.4. The molecule has 1 N–H and O–H groups in total. The molecule has 0 radical (unpaired) electrons. The van der Waals surface area contributed by atoms with Crippen LogP contribution in [0.5, 0.6) is 0 Å². The summed E-state index contributed by atoms with van der Waals surface area (Å²) in [5.74, 6) is -0.789. The van der Waals surface area contributed by atoms with E-state index >= 15 is 0 Å². The van der Waals surface area contributed by atoms with E-state index in [9.17, 15) is 17.6 Å². The molecule has 0 spiro atoms. The minimum absolute atomic E-state index is 0.209. The molecule has 0 atom stereocenters. The lowest BCUT2D eigenvalue weighted by Crippen LogP contribution is -2.40. The first-order valence-corrected chi connectivity index (χ1v) is 10.5. The molecule has 0 saturated carbocycles. The van der Waals surface area contributed by atoms with Crippen molar-refractivity contribution in [2.45, 2.75) is 11.4 Å². The fourth-order valence-electron chi connectivity index (χ4n) is 2.67. The molecular weight excluding hydrogens is 439 g/mol. The summed E-state index contributed by atoms with van der Waals surface area (Å²) in [6.45, 7) is 1.69. The van der Waals surface area contributed by atoms with E-state index in [0.29, 0.717) is 36.3 Å². The number of hydrogen-bond acceptors (Lipinski definition) is 4. The Bertz CT molecular complexity index is 929. The molecule has 9 heteroatoms. The van der Waals surface area contributed by atoms with Crippen LogP contribution in [0, 0.1) is 5.82 Å². The van der Waals surface area contributed by atoms with E-state index in [0.717, 1.165) is 5.56 Å². The van der Waals surface area contributed by atoms with E-state index in [-0.39, 0.29) is 17.3 Å². The Kier molecular flexibility index (Phi) is 6.25. The van der Waals surface area contributed by atoms with Crippen molar-refractivity contribution in [3.63, 3.8) is 0 Å². The fourth-order valence-corrected chi connectivity index (χ4v) is 4.61. The van der Waals surface area contributed by atoms with Gasteiger partial charge in [0.15, 0.2) is 0 Å². The van der Waals surface area contributed by atoms with Crippen molar-refractivity contribution in [2.24, 2.45) is 0 Å². The van der Waals surface area contributed by atoms with Crippen LogP contribution in [0.4, 0.5) is 4.39 Å². The Balaban J connectivity index is 1.64. The van der Waals surface area contributed by atoms with Gasteiger partial charge in [-0.15, -0.1) is 0 Å². The minimum atomic E-state index is -3.54. The number of hydrogen-bond donors (Lipinski definition) is 1. The molecular formula is C18H18BrFN2O4S. The molecule has 1 aliphatic heterocycles. The molecule has 1 aliphatic rings. The number of ether oxygens (including phenoxy) is 1. The van der Waals surface area contributed by atoms with Gasteiger partial charge >= 0.3 is 0 Å². The van der Waals surface area contributed by atoms with Crippen molar-refractivity contribution in [1.29, 1.82) is 0 Å². The highest BCUT2D eigenvalue weighted by atomic mass is 79.9. The van der Waals surface area contributed by atoms with Gasteiger partial charge in [0.05, 0.1) is 23.7 Å². The number of carbonyl (C=O) groups excluding carboxylic acids is 1. The second-order valence-electron chi connectivity index (χ2n) is 5.97. The number of nitrogens with zero attached hydrogens (tertiary/aromatic N) is 1. The number of carbonyl (C=O) groups is 1. The average Bonchev–Trinajstić information content (AvgIpc) is 2.67. The maximum Gasteiger partial charge on any atom is 0.252 e. The Morgan fingerprint density at radius 2 is 1.81 bits per heavy atom. The topological polar surface area (TPSA) is 75.7 Å². The standard InChI is InChI=1S/C18H18BrFN2O4S/c19-17-11-14(20)3-6-16(17)18(23)21-12-13-1-4-15(5-2-13)27(24,25)22-7-9-26-10-8-22/h1-6,11H,7-10,12H2,(H,21,23). The Hall–Kier alpha value is -1.81. The summed E-state index contributed by atoms with van der Waals surface area (Å²) in [5, 5.41) is 2.73. The Labute approximate surface area is 165 Å². The molecule has 0 aliphatic carbocycles. The molecule has 6 nitrogen and oxygen atoms in total. The molecule has 1 saturated heterocycles. The van der Waals surface area contributed by atoms with E-state index in [4.69, 9.17) is 4.74 Å². The van der Waals surface area contributed by atoms with Gasteiger partial charge in [0.25, 0.3) is 5.91 Å². The van der Waals surface area contributed by atoms with Crippen LogP contribution in [-0.2, 0) is 21.3 Å². The van der Waals surface area contributed by atoms with E-state index in [2.05, 4.69) is 21.2 Å². The zero-order valence-corrected chi connectivity index (χ0v) is 16.7. The molecule has 1 fully saturated rings. The van der Waals surface area contributed by atoms with Crippen molar-refractivity contribution in [1.82, 2.24) is 9.62 Å². The fraction of sp³-hybridized carbons (Fsp3) is 0.278. The molecule has 2 aromatic carbocycles. The van der Waals surface area contributed by atoms with Gasteiger partial charge in [-0.2, -0.15) is 4.31 Å². The number of nitrogens with one attached hydrogen (secondary N) is 1. The maximum atomic E-state index is 13.1. The summed E-state index contributed by atoms with van der Waals surface area (Å²) in [5.41, 5.74) is 1.07. The van der Waals surface area contributed by atoms with Gasteiger partial charge in [0.1, 0.15) is 5.82 Å². The molecule has 3 rings (SSSR count). The molecule has 1 heterocycles. The molecule has 1 amide bonds. The third-order valence-corrected chi connectivity index (χ3v) is 6.73. The average molecular weight is 457 g/mol. The van der Waals surface area contributed by atoms with Crippen molar-refractivity contribution in [3.8, 4) is 0 Å². The summed E-state index contributed by atoms with van der Waals surface area (Å²) in [6, 6.07) is 10.2.